The Morgan fingerprint density at radius 1 is 1.33 bits per heavy atom. The molecule has 1 heterocycles. The second-order valence-corrected chi connectivity index (χ2v) is 5.63. The van der Waals surface area contributed by atoms with E-state index in [2.05, 4.69) is 62.4 Å². The van der Waals surface area contributed by atoms with Gasteiger partial charge in [0.15, 0.2) is 0 Å². The zero-order valence-corrected chi connectivity index (χ0v) is 12.7. The van der Waals surface area contributed by atoms with Gasteiger partial charge in [0.2, 0.25) is 0 Å². The molecule has 0 unspecified atom stereocenters. The lowest BCUT2D eigenvalue weighted by atomic mass is 10.2. The molecular formula is C13H14BrN3S. The molecule has 3 nitrogen and oxygen atoms in total. The van der Waals surface area contributed by atoms with Crippen molar-refractivity contribution in [2.75, 3.05) is 12.4 Å². The van der Waals surface area contributed by atoms with E-state index in [0.29, 0.717) is 0 Å². The van der Waals surface area contributed by atoms with Gasteiger partial charge in [-0.3, -0.25) is 0 Å². The Morgan fingerprint density at radius 2 is 2.17 bits per heavy atom. The van der Waals surface area contributed by atoms with Crippen LogP contribution in [-0.4, -0.2) is 17.0 Å². The summed E-state index contributed by atoms with van der Waals surface area (Å²) in [6.45, 7) is 2.11. The monoisotopic (exact) mass is 323 g/mol. The van der Waals surface area contributed by atoms with Gasteiger partial charge in [-0.05, 0) is 28.4 Å². The summed E-state index contributed by atoms with van der Waals surface area (Å²) in [6, 6.07) is 8.52. The zero-order valence-electron chi connectivity index (χ0n) is 10.3. The Bertz CT molecular complexity index is 546. The van der Waals surface area contributed by atoms with Crippen molar-refractivity contribution in [1.29, 1.82) is 0 Å². The highest BCUT2D eigenvalue weighted by Crippen LogP contribution is 2.31. The second-order valence-electron chi connectivity index (χ2n) is 3.87. The van der Waals surface area contributed by atoms with Gasteiger partial charge < -0.3 is 5.32 Å². The van der Waals surface area contributed by atoms with Gasteiger partial charge in [0, 0.05) is 12.8 Å². The van der Waals surface area contributed by atoms with Crippen LogP contribution in [0.1, 0.15) is 11.1 Å². The lowest BCUT2D eigenvalue weighted by Gasteiger charge is -2.07. The van der Waals surface area contributed by atoms with Gasteiger partial charge >= 0.3 is 0 Å². The normalized spacial score (nSPS) is 10.4. The highest BCUT2D eigenvalue weighted by Gasteiger charge is 2.08. The molecule has 1 aromatic heterocycles. The molecule has 1 aromatic carbocycles. The van der Waals surface area contributed by atoms with Crippen LogP contribution in [0.25, 0.3) is 0 Å². The van der Waals surface area contributed by atoms with E-state index in [4.69, 9.17) is 0 Å². The first-order valence-electron chi connectivity index (χ1n) is 5.57. The molecule has 0 atom stereocenters. The number of benzene rings is 1. The summed E-state index contributed by atoms with van der Waals surface area (Å²) in [5.74, 6) is 1.72. The van der Waals surface area contributed by atoms with Crippen molar-refractivity contribution < 1.29 is 0 Å². The molecule has 0 aliphatic rings. The molecule has 1 N–H and O–H groups in total. The van der Waals surface area contributed by atoms with E-state index >= 15 is 0 Å². The van der Waals surface area contributed by atoms with E-state index in [1.165, 1.54) is 11.1 Å². The molecule has 5 heteroatoms. The molecule has 0 fully saturated rings. The first-order chi connectivity index (χ1) is 8.70. The summed E-state index contributed by atoms with van der Waals surface area (Å²) < 4.78 is 0.921. The predicted octanol–water partition coefficient (Wildman–Crippen LogP) is 3.88. The zero-order chi connectivity index (χ0) is 13.0. The number of hydrogen-bond acceptors (Lipinski definition) is 4. The fraction of sp³-hybridized carbons (Fsp3) is 0.231. The van der Waals surface area contributed by atoms with Gasteiger partial charge in [-0.2, -0.15) is 0 Å². The van der Waals surface area contributed by atoms with E-state index in [1.807, 2.05) is 7.05 Å². The standard InChI is InChI=1S/C13H14BrN3S/c1-9-4-3-5-10(6-9)7-18-13-11(14)12(15-2)16-8-17-13/h3-6,8H,7H2,1-2H3,(H,15,16,17). The number of halogens is 1. The van der Waals surface area contributed by atoms with Crippen LogP contribution in [0, 0.1) is 6.92 Å². The highest BCUT2D eigenvalue weighted by atomic mass is 79.9. The number of hydrogen-bond donors (Lipinski definition) is 1. The van der Waals surface area contributed by atoms with Crippen molar-refractivity contribution in [3.05, 3.63) is 46.2 Å². The van der Waals surface area contributed by atoms with Crippen molar-refractivity contribution in [3.8, 4) is 0 Å². The van der Waals surface area contributed by atoms with Crippen LogP contribution in [0.4, 0.5) is 5.82 Å². The van der Waals surface area contributed by atoms with Crippen molar-refractivity contribution in [2.45, 2.75) is 17.7 Å². The topological polar surface area (TPSA) is 37.8 Å². The average Bonchev–Trinajstić information content (AvgIpc) is 2.38. The average molecular weight is 324 g/mol. The van der Waals surface area contributed by atoms with Crippen molar-refractivity contribution in [2.24, 2.45) is 0 Å². The Balaban J connectivity index is 2.11. The minimum absolute atomic E-state index is 0.816. The van der Waals surface area contributed by atoms with Crippen LogP contribution in [0.5, 0.6) is 0 Å². The van der Waals surface area contributed by atoms with Gasteiger partial charge in [-0.1, -0.05) is 29.8 Å². The Labute approximate surface area is 120 Å². The number of nitrogens with one attached hydrogen (secondary N) is 1. The third-order valence-electron chi connectivity index (χ3n) is 2.45. The number of nitrogens with zero attached hydrogens (tertiary/aromatic N) is 2. The van der Waals surface area contributed by atoms with Crippen LogP contribution < -0.4 is 5.32 Å². The number of aromatic nitrogens is 2. The fourth-order valence-corrected chi connectivity index (χ4v) is 3.16. The van der Waals surface area contributed by atoms with Gasteiger partial charge in [-0.25, -0.2) is 9.97 Å². The quantitative estimate of drug-likeness (QED) is 0.684. The molecule has 0 radical (unpaired) electrons. The Hall–Kier alpha value is -1.07. The maximum absolute atomic E-state index is 4.29. The molecule has 18 heavy (non-hydrogen) atoms. The highest BCUT2D eigenvalue weighted by molar-refractivity contribution is 9.10. The lowest BCUT2D eigenvalue weighted by molar-refractivity contribution is 1.02. The number of rotatable bonds is 4. The molecule has 0 saturated carbocycles. The van der Waals surface area contributed by atoms with Gasteiger partial charge in [0.05, 0.1) is 4.47 Å². The summed E-state index contributed by atoms with van der Waals surface area (Å²) >= 11 is 5.22. The van der Waals surface area contributed by atoms with Crippen LogP contribution in [0.15, 0.2) is 40.1 Å². The third kappa shape index (κ3) is 3.23. The molecule has 94 valence electrons. The maximum Gasteiger partial charge on any atom is 0.144 e. The van der Waals surface area contributed by atoms with E-state index in [-0.39, 0.29) is 0 Å². The first-order valence-corrected chi connectivity index (χ1v) is 7.35. The molecule has 0 spiro atoms. The lowest BCUT2D eigenvalue weighted by Crippen LogP contribution is -1.96. The fourth-order valence-electron chi connectivity index (χ4n) is 1.58. The van der Waals surface area contributed by atoms with Crippen molar-refractivity contribution >= 4 is 33.5 Å². The molecule has 2 rings (SSSR count). The number of anilines is 1. The Morgan fingerprint density at radius 3 is 2.89 bits per heavy atom. The number of thioether (sulfide) groups is 1. The second kappa shape index (κ2) is 6.20. The van der Waals surface area contributed by atoms with E-state index in [9.17, 15) is 0 Å². The van der Waals surface area contributed by atoms with Gasteiger partial charge in [0.1, 0.15) is 17.2 Å². The van der Waals surface area contributed by atoms with Crippen LogP contribution in [0.2, 0.25) is 0 Å². The Kier molecular flexibility index (Phi) is 4.60. The SMILES string of the molecule is CNc1ncnc(SCc2cccc(C)c2)c1Br. The van der Waals surface area contributed by atoms with Crippen LogP contribution >= 0.6 is 27.7 Å². The molecule has 0 aliphatic heterocycles. The van der Waals surface area contributed by atoms with Crippen molar-refractivity contribution in [1.82, 2.24) is 9.97 Å². The smallest absolute Gasteiger partial charge is 0.144 e. The van der Waals surface area contributed by atoms with Crippen LogP contribution in [-0.2, 0) is 5.75 Å². The third-order valence-corrected chi connectivity index (χ3v) is 4.53. The first kappa shape index (κ1) is 13.4. The molecule has 0 amide bonds. The van der Waals surface area contributed by atoms with E-state index in [0.717, 1.165) is 21.1 Å². The summed E-state index contributed by atoms with van der Waals surface area (Å²) in [4.78, 5) is 8.43. The molecular weight excluding hydrogens is 310 g/mol. The maximum atomic E-state index is 4.29. The summed E-state index contributed by atoms with van der Waals surface area (Å²) in [6.07, 6.45) is 1.58. The molecule has 0 bridgehead atoms. The van der Waals surface area contributed by atoms with Gasteiger partial charge in [0.25, 0.3) is 0 Å². The summed E-state index contributed by atoms with van der Waals surface area (Å²) in [5.41, 5.74) is 2.59. The minimum Gasteiger partial charge on any atom is -0.372 e. The largest absolute Gasteiger partial charge is 0.372 e. The van der Waals surface area contributed by atoms with Crippen LogP contribution in [0.3, 0.4) is 0 Å². The summed E-state index contributed by atoms with van der Waals surface area (Å²) in [5, 5.41) is 3.99. The van der Waals surface area contributed by atoms with E-state index < -0.39 is 0 Å². The summed E-state index contributed by atoms with van der Waals surface area (Å²) in [7, 11) is 1.85. The van der Waals surface area contributed by atoms with Crippen molar-refractivity contribution in [3.63, 3.8) is 0 Å². The number of aryl methyl sites for hydroxylation is 1. The molecule has 2 aromatic rings. The van der Waals surface area contributed by atoms with E-state index in [1.54, 1.807) is 18.1 Å². The molecule has 0 aliphatic carbocycles. The minimum atomic E-state index is 0.816. The van der Waals surface area contributed by atoms with Gasteiger partial charge in [-0.15, -0.1) is 11.8 Å². The predicted molar refractivity (Wildman–Crippen MR) is 80.0 cm³/mol. The molecule has 0 saturated heterocycles.